The fourth-order valence-corrected chi connectivity index (χ4v) is 5.65. The van der Waals surface area contributed by atoms with Gasteiger partial charge in [-0.25, -0.2) is 8.42 Å². The van der Waals surface area contributed by atoms with E-state index < -0.39 is 28.5 Å². The summed E-state index contributed by atoms with van der Waals surface area (Å²) in [6.07, 6.45) is 0.730. The lowest BCUT2D eigenvalue weighted by Gasteiger charge is -2.32. The molecule has 0 bridgehead atoms. The van der Waals surface area contributed by atoms with Gasteiger partial charge >= 0.3 is 0 Å². The van der Waals surface area contributed by atoms with Crippen molar-refractivity contribution in [2.24, 2.45) is 0 Å². The zero-order chi connectivity index (χ0) is 27.9. The van der Waals surface area contributed by atoms with Crippen molar-refractivity contribution in [1.29, 1.82) is 0 Å². The van der Waals surface area contributed by atoms with Crippen LogP contribution >= 0.6 is 27.5 Å². The second-order valence-electron chi connectivity index (χ2n) is 8.95. The van der Waals surface area contributed by atoms with Crippen LogP contribution < -0.4 is 9.62 Å². The van der Waals surface area contributed by atoms with E-state index in [1.54, 1.807) is 73.7 Å². The molecule has 0 aliphatic carbocycles. The summed E-state index contributed by atoms with van der Waals surface area (Å²) in [7, 11) is -4.10. The molecule has 1 N–H and O–H groups in total. The molecule has 38 heavy (non-hydrogen) atoms. The van der Waals surface area contributed by atoms with Crippen molar-refractivity contribution in [3.63, 3.8) is 0 Å². The summed E-state index contributed by atoms with van der Waals surface area (Å²) in [6.45, 7) is 5.05. The molecule has 0 spiro atoms. The maximum atomic E-state index is 13.9. The average Bonchev–Trinajstić information content (AvgIpc) is 2.90. The zero-order valence-electron chi connectivity index (χ0n) is 21.5. The monoisotopic (exact) mass is 619 g/mol. The van der Waals surface area contributed by atoms with Crippen molar-refractivity contribution < 1.29 is 18.0 Å². The molecule has 2 atom stereocenters. The largest absolute Gasteiger partial charge is 0.352 e. The van der Waals surface area contributed by atoms with E-state index in [4.69, 9.17) is 11.6 Å². The van der Waals surface area contributed by atoms with Gasteiger partial charge in [0.1, 0.15) is 12.6 Å². The molecule has 0 aromatic heterocycles. The van der Waals surface area contributed by atoms with Gasteiger partial charge in [0.15, 0.2) is 0 Å². The Balaban J connectivity index is 2.01. The highest BCUT2D eigenvalue weighted by Crippen LogP contribution is 2.26. The van der Waals surface area contributed by atoms with E-state index in [9.17, 15) is 18.0 Å². The summed E-state index contributed by atoms with van der Waals surface area (Å²) in [5.74, 6) is -0.852. The topological polar surface area (TPSA) is 86.8 Å². The molecule has 3 aromatic rings. The Bertz CT molecular complexity index is 1350. The van der Waals surface area contributed by atoms with Crippen LogP contribution in [-0.2, 0) is 26.2 Å². The van der Waals surface area contributed by atoms with E-state index in [0.717, 1.165) is 20.8 Å². The highest BCUT2D eigenvalue weighted by atomic mass is 79.9. The van der Waals surface area contributed by atoms with Crippen LogP contribution in [0.25, 0.3) is 0 Å². The molecule has 3 rings (SSSR count). The summed E-state index contributed by atoms with van der Waals surface area (Å²) in [6, 6.07) is 20.7. The Kier molecular flexibility index (Phi) is 10.4. The fraction of sp³-hybridized carbons (Fsp3) is 0.286. The van der Waals surface area contributed by atoms with Gasteiger partial charge in [-0.15, -0.1) is 0 Å². The molecule has 2 amide bonds. The molecule has 0 saturated carbocycles. The van der Waals surface area contributed by atoms with Gasteiger partial charge in [0.2, 0.25) is 11.8 Å². The number of halogens is 2. The molecular formula is C28H31BrClN3O4S. The quantitative estimate of drug-likeness (QED) is 0.301. The molecule has 0 saturated heterocycles. The molecule has 7 nitrogen and oxygen atoms in total. The number of hydrogen-bond acceptors (Lipinski definition) is 4. The van der Waals surface area contributed by atoms with Crippen LogP contribution in [0, 0.1) is 0 Å². The molecule has 202 valence electrons. The number of carbonyl (C=O) groups excluding carboxylic acids is 2. The van der Waals surface area contributed by atoms with Crippen molar-refractivity contribution in [3.05, 3.63) is 93.9 Å². The number of hydrogen-bond donors (Lipinski definition) is 1. The Labute approximate surface area is 238 Å². The number of benzene rings is 3. The first-order valence-corrected chi connectivity index (χ1v) is 14.8. The minimum absolute atomic E-state index is 0.0553. The van der Waals surface area contributed by atoms with E-state index in [0.29, 0.717) is 10.7 Å². The van der Waals surface area contributed by atoms with Crippen LogP contribution in [0.3, 0.4) is 0 Å². The number of sulfonamides is 1. The average molecular weight is 621 g/mol. The van der Waals surface area contributed by atoms with Gasteiger partial charge in [0.25, 0.3) is 10.0 Å². The zero-order valence-corrected chi connectivity index (χ0v) is 24.6. The summed E-state index contributed by atoms with van der Waals surface area (Å²) < 4.78 is 29.3. The van der Waals surface area contributed by atoms with Crippen molar-refractivity contribution in [3.8, 4) is 0 Å². The first-order valence-electron chi connectivity index (χ1n) is 12.2. The number of nitrogens with zero attached hydrogens (tertiary/aromatic N) is 2. The number of carbonyl (C=O) groups is 2. The third kappa shape index (κ3) is 7.58. The van der Waals surface area contributed by atoms with Gasteiger partial charge in [-0.05, 0) is 74.4 Å². The van der Waals surface area contributed by atoms with Gasteiger partial charge < -0.3 is 10.2 Å². The third-order valence-electron chi connectivity index (χ3n) is 6.13. The van der Waals surface area contributed by atoms with Crippen LogP contribution in [0.15, 0.2) is 88.2 Å². The first kappa shape index (κ1) is 29.7. The maximum absolute atomic E-state index is 13.9. The van der Waals surface area contributed by atoms with Gasteiger partial charge in [0, 0.05) is 22.1 Å². The number of anilines is 1. The van der Waals surface area contributed by atoms with Gasteiger partial charge in [-0.1, -0.05) is 64.8 Å². The summed E-state index contributed by atoms with van der Waals surface area (Å²) in [5.41, 5.74) is 1.04. The summed E-state index contributed by atoms with van der Waals surface area (Å²) >= 11 is 9.54. The van der Waals surface area contributed by atoms with Crippen molar-refractivity contribution in [2.75, 3.05) is 10.8 Å². The van der Waals surface area contributed by atoms with Crippen molar-refractivity contribution in [2.45, 2.75) is 50.7 Å². The van der Waals surface area contributed by atoms with Crippen LogP contribution in [0.4, 0.5) is 5.69 Å². The van der Waals surface area contributed by atoms with E-state index in [2.05, 4.69) is 21.2 Å². The maximum Gasteiger partial charge on any atom is 0.264 e. The molecule has 0 unspecified atom stereocenters. The predicted molar refractivity (Wildman–Crippen MR) is 154 cm³/mol. The number of nitrogens with one attached hydrogen (secondary N) is 1. The van der Waals surface area contributed by atoms with Gasteiger partial charge in [-0.3, -0.25) is 13.9 Å². The van der Waals surface area contributed by atoms with E-state index in [-0.39, 0.29) is 23.4 Å². The highest BCUT2D eigenvalue weighted by molar-refractivity contribution is 9.10. The Morgan fingerprint density at radius 3 is 2.24 bits per heavy atom. The Morgan fingerprint density at radius 2 is 1.63 bits per heavy atom. The molecule has 0 aliphatic rings. The van der Waals surface area contributed by atoms with E-state index in [1.165, 1.54) is 17.0 Å². The van der Waals surface area contributed by atoms with Crippen LogP contribution in [0.2, 0.25) is 5.02 Å². The third-order valence-corrected chi connectivity index (χ3v) is 8.69. The normalized spacial score (nSPS) is 12.9. The van der Waals surface area contributed by atoms with Crippen molar-refractivity contribution in [1.82, 2.24) is 10.2 Å². The molecule has 0 heterocycles. The molecule has 3 aromatic carbocycles. The van der Waals surface area contributed by atoms with Crippen LogP contribution in [0.5, 0.6) is 0 Å². The minimum atomic E-state index is -4.10. The summed E-state index contributed by atoms with van der Waals surface area (Å²) in [4.78, 5) is 28.4. The lowest BCUT2D eigenvalue weighted by atomic mass is 10.1. The standard InChI is InChI=1S/C28H31BrClN3O4S/c1-4-20(2)31-28(35)21(3)32(18-22-9-8-10-24(30)17-22)27(34)19-33(25-15-13-23(29)14-16-25)38(36,37)26-11-6-5-7-12-26/h5-17,20-21H,4,18-19H2,1-3H3,(H,31,35)/t20-,21-/m1/s1. The van der Waals surface area contributed by atoms with Crippen molar-refractivity contribution >= 4 is 55.1 Å². The van der Waals surface area contributed by atoms with E-state index >= 15 is 0 Å². The van der Waals surface area contributed by atoms with Crippen LogP contribution in [-0.4, -0.2) is 43.8 Å². The lowest BCUT2D eigenvalue weighted by Crippen LogP contribution is -2.52. The summed E-state index contributed by atoms with van der Waals surface area (Å²) in [5, 5.41) is 3.41. The smallest absolute Gasteiger partial charge is 0.264 e. The second kappa shape index (κ2) is 13.3. The minimum Gasteiger partial charge on any atom is -0.352 e. The number of amides is 2. The predicted octanol–water partition coefficient (Wildman–Crippen LogP) is 5.63. The number of rotatable bonds is 11. The molecule has 0 fully saturated rings. The van der Waals surface area contributed by atoms with Crippen LogP contribution in [0.1, 0.15) is 32.8 Å². The molecule has 0 radical (unpaired) electrons. The molecule has 0 aliphatic heterocycles. The SMILES string of the molecule is CC[C@@H](C)NC(=O)[C@@H](C)N(Cc1cccc(Cl)c1)C(=O)CN(c1ccc(Br)cc1)S(=O)(=O)c1ccccc1. The molecule has 10 heteroatoms. The fourth-order valence-electron chi connectivity index (χ4n) is 3.74. The Morgan fingerprint density at radius 1 is 0.974 bits per heavy atom. The lowest BCUT2D eigenvalue weighted by molar-refractivity contribution is -0.139. The first-order chi connectivity index (χ1) is 18.0. The second-order valence-corrected chi connectivity index (χ2v) is 12.2. The van der Waals surface area contributed by atoms with E-state index in [1.807, 2.05) is 13.8 Å². The Hall–Kier alpha value is -2.88. The van der Waals surface area contributed by atoms with Gasteiger partial charge in [0.05, 0.1) is 10.6 Å². The van der Waals surface area contributed by atoms with Gasteiger partial charge in [-0.2, -0.15) is 0 Å². The highest BCUT2D eigenvalue weighted by Gasteiger charge is 2.32. The molecular weight excluding hydrogens is 590 g/mol.